The van der Waals surface area contributed by atoms with Crippen LogP contribution in [0.25, 0.3) is 0 Å². The van der Waals surface area contributed by atoms with Crippen molar-refractivity contribution in [1.82, 2.24) is 10.2 Å². The fourth-order valence-electron chi connectivity index (χ4n) is 2.57. The predicted octanol–water partition coefficient (Wildman–Crippen LogP) is 3.50. The van der Waals surface area contributed by atoms with Gasteiger partial charge in [-0.2, -0.15) is 0 Å². The van der Waals surface area contributed by atoms with Crippen LogP contribution in [0.4, 0.5) is 0 Å². The Balaban J connectivity index is 1.85. The van der Waals surface area contributed by atoms with E-state index < -0.39 is 0 Å². The predicted molar refractivity (Wildman–Crippen MR) is 99.7 cm³/mol. The molecular formula is C19H26N2O2S. The highest BCUT2D eigenvalue weighted by Crippen LogP contribution is 2.22. The molecule has 1 unspecified atom stereocenters. The van der Waals surface area contributed by atoms with E-state index >= 15 is 0 Å². The standard InChI is InChI=1S/C19H26N2O2S/c1-4-23-17-9-6-5-8-15(17)11-12-19(22)20-14-16(21(2)3)18-10-7-13-24-18/h5-10,13,16H,4,11-12,14H2,1-3H3,(H,20,22). The van der Waals surface area contributed by atoms with Gasteiger partial charge in [0.1, 0.15) is 5.75 Å². The van der Waals surface area contributed by atoms with Crippen LogP contribution in [0, 0.1) is 0 Å². The number of carbonyl (C=O) groups excluding carboxylic acids is 1. The molecule has 5 heteroatoms. The van der Waals surface area contributed by atoms with Gasteiger partial charge in [-0.15, -0.1) is 11.3 Å². The number of benzene rings is 1. The van der Waals surface area contributed by atoms with Gasteiger partial charge < -0.3 is 15.0 Å². The minimum Gasteiger partial charge on any atom is -0.494 e. The van der Waals surface area contributed by atoms with Gasteiger partial charge in [0.05, 0.1) is 12.6 Å². The number of amides is 1. The third-order valence-electron chi connectivity index (χ3n) is 3.88. The maximum absolute atomic E-state index is 12.2. The van der Waals surface area contributed by atoms with Crippen molar-refractivity contribution in [2.45, 2.75) is 25.8 Å². The molecule has 1 N–H and O–H groups in total. The largest absolute Gasteiger partial charge is 0.494 e. The van der Waals surface area contributed by atoms with Crippen molar-refractivity contribution in [2.24, 2.45) is 0 Å². The van der Waals surface area contributed by atoms with Crippen molar-refractivity contribution < 1.29 is 9.53 Å². The lowest BCUT2D eigenvalue weighted by Gasteiger charge is -2.23. The van der Waals surface area contributed by atoms with Crippen LogP contribution in [0.3, 0.4) is 0 Å². The molecule has 0 aliphatic rings. The molecule has 1 aromatic heterocycles. The molecule has 1 atom stereocenters. The fourth-order valence-corrected chi connectivity index (χ4v) is 3.49. The van der Waals surface area contributed by atoms with Crippen molar-refractivity contribution in [3.8, 4) is 5.75 Å². The van der Waals surface area contributed by atoms with E-state index in [-0.39, 0.29) is 11.9 Å². The van der Waals surface area contributed by atoms with Crippen molar-refractivity contribution >= 4 is 17.2 Å². The molecule has 0 saturated carbocycles. The van der Waals surface area contributed by atoms with Crippen LogP contribution in [0.5, 0.6) is 5.75 Å². The molecule has 2 rings (SSSR count). The average molecular weight is 346 g/mol. The Kier molecular flexibility index (Phi) is 7.28. The summed E-state index contributed by atoms with van der Waals surface area (Å²) in [7, 11) is 4.07. The normalized spacial score (nSPS) is 12.2. The second kappa shape index (κ2) is 9.45. The Bertz CT molecular complexity index is 626. The van der Waals surface area contributed by atoms with E-state index in [0.29, 0.717) is 26.0 Å². The molecule has 1 aromatic carbocycles. The zero-order chi connectivity index (χ0) is 17.4. The number of thiophene rings is 1. The Hall–Kier alpha value is -1.85. The van der Waals surface area contributed by atoms with Crippen LogP contribution in [0.1, 0.15) is 29.8 Å². The highest BCUT2D eigenvalue weighted by molar-refractivity contribution is 7.10. The van der Waals surface area contributed by atoms with Crippen LogP contribution >= 0.6 is 11.3 Å². The maximum Gasteiger partial charge on any atom is 0.220 e. The molecule has 0 aliphatic carbocycles. The minimum atomic E-state index is 0.0738. The second-order valence-electron chi connectivity index (χ2n) is 5.84. The summed E-state index contributed by atoms with van der Waals surface area (Å²) in [5, 5.41) is 5.13. The van der Waals surface area contributed by atoms with Crippen molar-refractivity contribution in [2.75, 3.05) is 27.2 Å². The van der Waals surface area contributed by atoms with Gasteiger partial charge in [-0.1, -0.05) is 24.3 Å². The molecular weight excluding hydrogens is 320 g/mol. The summed E-state index contributed by atoms with van der Waals surface area (Å²) < 4.78 is 5.61. The van der Waals surface area contributed by atoms with Crippen LogP contribution in [-0.2, 0) is 11.2 Å². The Morgan fingerprint density at radius 2 is 2.04 bits per heavy atom. The highest BCUT2D eigenvalue weighted by atomic mass is 32.1. The van der Waals surface area contributed by atoms with Gasteiger partial charge in [-0.25, -0.2) is 0 Å². The Morgan fingerprint density at radius 1 is 1.25 bits per heavy atom. The summed E-state index contributed by atoms with van der Waals surface area (Å²) in [4.78, 5) is 15.6. The number of ether oxygens (including phenoxy) is 1. The quantitative estimate of drug-likeness (QED) is 0.755. The first-order valence-corrected chi connectivity index (χ1v) is 9.17. The lowest BCUT2D eigenvalue weighted by atomic mass is 10.1. The third-order valence-corrected chi connectivity index (χ3v) is 4.85. The number of carbonyl (C=O) groups is 1. The van der Waals surface area contributed by atoms with Crippen molar-refractivity contribution in [1.29, 1.82) is 0 Å². The number of nitrogens with zero attached hydrogens (tertiary/aromatic N) is 1. The van der Waals surface area contributed by atoms with E-state index in [1.54, 1.807) is 11.3 Å². The van der Waals surface area contributed by atoms with Crippen LogP contribution in [-0.4, -0.2) is 38.1 Å². The number of para-hydroxylation sites is 1. The van der Waals surface area contributed by atoms with Gasteiger partial charge in [-0.3, -0.25) is 4.79 Å². The summed E-state index contributed by atoms with van der Waals surface area (Å²) in [5.74, 6) is 0.947. The summed E-state index contributed by atoms with van der Waals surface area (Å²) in [6.45, 7) is 3.23. The first-order chi connectivity index (χ1) is 11.6. The molecule has 0 saturated heterocycles. The molecule has 0 fully saturated rings. The molecule has 2 aromatic rings. The number of aryl methyl sites for hydroxylation is 1. The second-order valence-corrected chi connectivity index (χ2v) is 6.82. The lowest BCUT2D eigenvalue weighted by Crippen LogP contribution is -2.34. The third kappa shape index (κ3) is 5.35. The minimum absolute atomic E-state index is 0.0738. The number of nitrogens with one attached hydrogen (secondary N) is 1. The topological polar surface area (TPSA) is 41.6 Å². The van der Waals surface area contributed by atoms with E-state index in [1.807, 2.05) is 51.4 Å². The molecule has 130 valence electrons. The summed E-state index contributed by atoms with van der Waals surface area (Å²) in [6, 6.07) is 12.3. The first kappa shape index (κ1) is 18.5. The van der Waals surface area contributed by atoms with Gasteiger partial charge in [0.2, 0.25) is 5.91 Å². The van der Waals surface area contributed by atoms with E-state index in [4.69, 9.17) is 4.74 Å². The Labute approximate surface area is 148 Å². The molecule has 0 aliphatic heterocycles. The fraction of sp³-hybridized carbons (Fsp3) is 0.421. The first-order valence-electron chi connectivity index (χ1n) is 8.29. The van der Waals surface area contributed by atoms with Gasteiger partial charge >= 0.3 is 0 Å². The molecule has 1 heterocycles. The van der Waals surface area contributed by atoms with E-state index in [9.17, 15) is 4.79 Å². The van der Waals surface area contributed by atoms with Crippen LogP contribution < -0.4 is 10.1 Å². The zero-order valence-corrected chi connectivity index (χ0v) is 15.4. The number of hydrogen-bond acceptors (Lipinski definition) is 4. The van der Waals surface area contributed by atoms with Crippen molar-refractivity contribution in [3.05, 3.63) is 52.2 Å². The van der Waals surface area contributed by atoms with E-state index in [1.165, 1.54) is 4.88 Å². The lowest BCUT2D eigenvalue weighted by molar-refractivity contribution is -0.121. The molecule has 0 spiro atoms. The molecule has 24 heavy (non-hydrogen) atoms. The molecule has 0 bridgehead atoms. The molecule has 4 nitrogen and oxygen atoms in total. The van der Waals surface area contributed by atoms with Crippen LogP contribution in [0.15, 0.2) is 41.8 Å². The van der Waals surface area contributed by atoms with Gasteiger partial charge in [-0.05, 0) is 50.5 Å². The average Bonchev–Trinajstić information content (AvgIpc) is 3.08. The van der Waals surface area contributed by atoms with E-state index in [0.717, 1.165) is 11.3 Å². The van der Waals surface area contributed by atoms with Crippen molar-refractivity contribution in [3.63, 3.8) is 0 Å². The van der Waals surface area contributed by atoms with Gasteiger partial charge in [0.15, 0.2) is 0 Å². The maximum atomic E-state index is 12.2. The highest BCUT2D eigenvalue weighted by Gasteiger charge is 2.16. The zero-order valence-electron chi connectivity index (χ0n) is 14.6. The van der Waals surface area contributed by atoms with Gasteiger partial charge in [0.25, 0.3) is 0 Å². The Morgan fingerprint density at radius 3 is 2.71 bits per heavy atom. The SMILES string of the molecule is CCOc1ccccc1CCC(=O)NCC(c1cccs1)N(C)C. The number of rotatable bonds is 9. The number of likely N-dealkylation sites (N-methyl/N-ethyl adjacent to an activating group) is 1. The van der Waals surface area contributed by atoms with E-state index in [2.05, 4.69) is 21.7 Å². The summed E-state index contributed by atoms with van der Waals surface area (Å²) in [6.07, 6.45) is 1.16. The molecule has 1 amide bonds. The summed E-state index contributed by atoms with van der Waals surface area (Å²) in [5.41, 5.74) is 1.08. The smallest absolute Gasteiger partial charge is 0.220 e. The van der Waals surface area contributed by atoms with Crippen LogP contribution in [0.2, 0.25) is 0 Å². The number of hydrogen-bond donors (Lipinski definition) is 1. The summed E-state index contributed by atoms with van der Waals surface area (Å²) >= 11 is 1.72. The molecule has 0 radical (unpaired) electrons. The monoisotopic (exact) mass is 346 g/mol. The van der Waals surface area contributed by atoms with Gasteiger partial charge in [0, 0.05) is 17.8 Å².